The van der Waals surface area contributed by atoms with Crippen LogP contribution in [0.4, 0.5) is 0 Å². The van der Waals surface area contributed by atoms with Gasteiger partial charge in [-0.1, -0.05) is 0 Å². The standard InChI is InChI=1S/C14H14N2O3.CH4O/c1-8-10(6-14(17)19-3)11-5-13(18-2)9(7-15)4-12(11)16-8;1-2/h4-5,16H,6H2,1-3H3;2H,1H3. The number of aliphatic hydroxyl groups is 1. The van der Waals surface area contributed by atoms with Crippen LogP contribution in [0.5, 0.6) is 5.75 Å². The molecule has 0 aliphatic heterocycles. The van der Waals surface area contributed by atoms with Gasteiger partial charge in [-0.2, -0.15) is 5.26 Å². The first kappa shape index (κ1) is 16.5. The molecule has 0 aliphatic rings. The monoisotopic (exact) mass is 290 g/mol. The number of hydrogen-bond donors (Lipinski definition) is 2. The fraction of sp³-hybridized carbons (Fsp3) is 0.333. The fourth-order valence-corrected chi connectivity index (χ4v) is 2.11. The highest BCUT2D eigenvalue weighted by molar-refractivity contribution is 5.91. The van der Waals surface area contributed by atoms with Gasteiger partial charge in [-0.05, 0) is 24.6 Å². The number of fused-ring (bicyclic) bond motifs is 1. The van der Waals surface area contributed by atoms with Gasteiger partial charge in [0.2, 0.25) is 0 Å². The Morgan fingerprint density at radius 2 is 2.05 bits per heavy atom. The number of aromatic amines is 1. The summed E-state index contributed by atoms with van der Waals surface area (Å²) in [6.07, 6.45) is 0.192. The van der Waals surface area contributed by atoms with E-state index in [2.05, 4.69) is 11.1 Å². The molecular formula is C15H18N2O4. The van der Waals surface area contributed by atoms with Crippen molar-refractivity contribution in [3.63, 3.8) is 0 Å². The van der Waals surface area contributed by atoms with Gasteiger partial charge in [0.25, 0.3) is 0 Å². The summed E-state index contributed by atoms with van der Waals surface area (Å²) < 4.78 is 9.88. The molecule has 0 spiro atoms. The first-order chi connectivity index (χ1) is 10.1. The van der Waals surface area contributed by atoms with Gasteiger partial charge >= 0.3 is 5.97 Å². The molecule has 2 N–H and O–H groups in total. The molecule has 112 valence electrons. The van der Waals surface area contributed by atoms with Crippen molar-refractivity contribution >= 4 is 16.9 Å². The molecule has 6 nitrogen and oxygen atoms in total. The highest BCUT2D eigenvalue weighted by atomic mass is 16.5. The maximum Gasteiger partial charge on any atom is 0.310 e. The van der Waals surface area contributed by atoms with Gasteiger partial charge in [-0.3, -0.25) is 4.79 Å². The minimum atomic E-state index is -0.299. The van der Waals surface area contributed by atoms with E-state index < -0.39 is 0 Å². The molecule has 0 saturated heterocycles. The van der Waals surface area contributed by atoms with Crippen molar-refractivity contribution in [3.05, 3.63) is 29.0 Å². The van der Waals surface area contributed by atoms with Crippen molar-refractivity contribution in [3.8, 4) is 11.8 Å². The number of aliphatic hydroxyl groups excluding tert-OH is 1. The summed E-state index contributed by atoms with van der Waals surface area (Å²) >= 11 is 0. The number of nitrogens with zero attached hydrogens (tertiary/aromatic N) is 1. The Hall–Kier alpha value is -2.52. The zero-order chi connectivity index (χ0) is 16.0. The third kappa shape index (κ3) is 3.33. The van der Waals surface area contributed by atoms with E-state index in [0.29, 0.717) is 11.3 Å². The topological polar surface area (TPSA) is 95.3 Å². The number of ether oxygens (including phenoxy) is 2. The number of esters is 1. The lowest BCUT2D eigenvalue weighted by Crippen LogP contribution is -2.05. The first-order valence-electron chi connectivity index (χ1n) is 6.21. The molecule has 0 aliphatic carbocycles. The Bertz CT molecular complexity index is 683. The molecule has 6 heteroatoms. The van der Waals surface area contributed by atoms with Crippen LogP contribution in [0.15, 0.2) is 12.1 Å². The van der Waals surface area contributed by atoms with E-state index in [0.717, 1.165) is 29.3 Å². The Morgan fingerprint density at radius 1 is 1.38 bits per heavy atom. The van der Waals surface area contributed by atoms with Crippen LogP contribution < -0.4 is 4.74 Å². The van der Waals surface area contributed by atoms with E-state index in [4.69, 9.17) is 19.8 Å². The average Bonchev–Trinajstić information content (AvgIpc) is 2.82. The van der Waals surface area contributed by atoms with E-state index in [-0.39, 0.29) is 12.4 Å². The zero-order valence-corrected chi connectivity index (χ0v) is 12.5. The number of nitrogens with one attached hydrogen (secondary N) is 1. The normalized spacial score (nSPS) is 9.52. The quantitative estimate of drug-likeness (QED) is 0.838. The second-order valence-corrected chi connectivity index (χ2v) is 4.19. The highest BCUT2D eigenvalue weighted by Crippen LogP contribution is 2.29. The molecule has 0 atom stereocenters. The molecule has 1 aromatic heterocycles. The molecule has 0 radical (unpaired) electrons. The Morgan fingerprint density at radius 3 is 2.57 bits per heavy atom. The molecule has 0 saturated carbocycles. The summed E-state index contributed by atoms with van der Waals surface area (Å²) in [6, 6.07) is 5.58. The van der Waals surface area contributed by atoms with Crippen LogP contribution in [0.1, 0.15) is 16.8 Å². The summed E-state index contributed by atoms with van der Waals surface area (Å²) in [5.74, 6) is 0.201. The number of benzene rings is 1. The van der Waals surface area contributed by atoms with Gasteiger partial charge in [0.05, 0.1) is 26.2 Å². The summed E-state index contributed by atoms with van der Waals surface area (Å²) in [6.45, 7) is 1.89. The van der Waals surface area contributed by atoms with Gasteiger partial charge in [-0.25, -0.2) is 0 Å². The molecule has 0 fully saturated rings. The predicted molar refractivity (Wildman–Crippen MR) is 78.2 cm³/mol. The summed E-state index contributed by atoms with van der Waals surface area (Å²) in [5.41, 5.74) is 3.02. The largest absolute Gasteiger partial charge is 0.495 e. The Labute approximate surface area is 122 Å². The lowest BCUT2D eigenvalue weighted by atomic mass is 10.1. The van der Waals surface area contributed by atoms with E-state index >= 15 is 0 Å². The summed E-state index contributed by atoms with van der Waals surface area (Å²) in [5, 5.41) is 16.9. The number of rotatable bonds is 3. The number of hydrogen-bond acceptors (Lipinski definition) is 5. The number of methoxy groups -OCH3 is 2. The first-order valence-corrected chi connectivity index (χ1v) is 6.21. The minimum absolute atomic E-state index is 0.192. The molecule has 0 amide bonds. The molecule has 2 aromatic rings. The average molecular weight is 290 g/mol. The van der Waals surface area contributed by atoms with Gasteiger partial charge in [0, 0.05) is 23.7 Å². The van der Waals surface area contributed by atoms with E-state index in [1.165, 1.54) is 14.2 Å². The van der Waals surface area contributed by atoms with Gasteiger partial charge in [0.1, 0.15) is 11.8 Å². The van der Waals surface area contributed by atoms with Crippen molar-refractivity contribution in [2.75, 3.05) is 21.3 Å². The third-order valence-corrected chi connectivity index (χ3v) is 3.11. The van der Waals surface area contributed by atoms with Crippen LogP contribution in [0.3, 0.4) is 0 Å². The van der Waals surface area contributed by atoms with Crippen molar-refractivity contribution in [1.29, 1.82) is 5.26 Å². The SMILES string of the molecule is CO.COC(=O)Cc1c(C)[nH]c2cc(C#N)c(OC)cc12. The molecule has 21 heavy (non-hydrogen) atoms. The molecule has 0 bridgehead atoms. The van der Waals surface area contributed by atoms with Crippen molar-refractivity contribution < 1.29 is 19.4 Å². The van der Waals surface area contributed by atoms with Crippen LogP contribution >= 0.6 is 0 Å². The maximum atomic E-state index is 11.4. The third-order valence-electron chi connectivity index (χ3n) is 3.11. The number of H-pyrrole nitrogens is 1. The lowest BCUT2D eigenvalue weighted by Gasteiger charge is -2.04. The maximum absolute atomic E-state index is 11.4. The molecule has 1 heterocycles. The fourth-order valence-electron chi connectivity index (χ4n) is 2.11. The second-order valence-electron chi connectivity index (χ2n) is 4.19. The van der Waals surface area contributed by atoms with E-state index in [1.54, 1.807) is 12.1 Å². The van der Waals surface area contributed by atoms with Crippen LogP contribution in [-0.4, -0.2) is 37.4 Å². The van der Waals surface area contributed by atoms with Crippen LogP contribution in [0.2, 0.25) is 0 Å². The lowest BCUT2D eigenvalue weighted by molar-refractivity contribution is -0.139. The summed E-state index contributed by atoms with van der Waals surface area (Å²) in [7, 11) is 3.88. The van der Waals surface area contributed by atoms with Gasteiger partial charge < -0.3 is 19.6 Å². The summed E-state index contributed by atoms with van der Waals surface area (Å²) in [4.78, 5) is 14.6. The van der Waals surface area contributed by atoms with Crippen molar-refractivity contribution in [2.24, 2.45) is 0 Å². The van der Waals surface area contributed by atoms with Crippen LogP contribution in [0.25, 0.3) is 10.9 Å². The number of carbonyl (C=O) groups is 1. The van der Waals surface area contributed by atoms with Gasteiger partial charge in [-0.15, -0.1) is 0 Å². The van der Waals surface area contributed by atoms with Crippen molar-refractivity contribution in [1.82, 2.24) is 4.98 Å². The van der Waals surface area contributed by atoms with E-state index in [1.807, 2.05) is 6.92 Å². The molecule has 0 unspecified atom stereocenters. The van der Waals surface area contributed by atoms with Crippen molar-refractivity contribution in [2.45, 2.75) is 13.3 Å². The van der Waals surface area contributed by atoms with Gasteiger partial charge in [0.15, 0.2) is 0 Å². The highest BCUT2D eigenvalue weighted by Gasteiger charge is 2.15. The number of nitriles is 1. The second kappa shape index (κ2) is 7.31. The zero-order valence-electron chi connectivity index (χ0n) is 12.5. The predicted octanol–water partition coefficient (Wildman–Crippen LogP) is 1.68. The number of aromatic nitrogens is 1. The van der Waals surface area contributed by atoms with Crippen LogP contribution in [0, 0.1) is 18.3 Å². The minimum Gasteiger partial charge on any atom is -0.495 e. The Kier molecular flexibility index (Phi) is 5.76. The Balaban J connectivity index is 0.00000106. The van der Waals surface area contributed by atoms with Crippen LogP contribution in [-0.2, 0) is 16.0 Å². The molecule has 2 rings (SSSR count). The number of aryl methyl sites for hydroxylation is 1. The molecular weight excluding hydrogens is 272 g/mol. The molecule has 1 aromatic carbocycles. The number of carbonyl (C=O) groups excluding carboxylic acids is 1. The smallest absolute Gasteiger partial charge is 0.310 e. The van der Waals surface area contributed by atoms with E-state index in [9.17, 15) is 4.79 Å².